The van der Waals surface area contributed by atoms with E-state index in [1.165, 1.54) is 11.8 Å². The summed E-state index contributed by atoms with van der Waals surface area (Å²) in [6.45, 7) is 2.40. The van der Waals surface area contributed by atoms with E-state index in [2.05, 4.69) is 31.5 Å². The van der Waals surface area contributed by atoms with Gasteiger partial charge in [-0.1, -0.05) is 23.4 Å². The predicted molar refractivity (Wildman–Crippen MR) is 95.2 cm³/mol. The fraction of sp³-hybridized carbons (Fsp3) is 0.176. The molecule has 1 amide bonds. The lowest BCUT2D eigenvalue weighted by atomic mass is 10.2. The number of benzene rings is 1. The van der Waals surface area contributed by atoms with Crippen LogP contribution in [0.1, 0.15) is 11.3 Å². The van der Waals surface area contributed by atoms with E-state index in [1.807, 2.05) is 25.1 Å². The van der Waals surface area contributed by atoms with Gasteiger partial charge in [-0.2, -0.15) is 0 Å². The molecule has 4 aromatic rings. The van der Waals surface area contributed by atoms with E-state index >= 15 is 0 Å². The topological polar surface area (TPSA) is 96.7 Å². The van der Waals surface area contributed by atoms with Crippen molar-refractivity contribution in [3.05, 3.63) is 47.9 Å². The van der Waals surface area contributed by atoms with E-state index in [1.54, 1.807) is 12.3 Å². The van der Waals surface area contributed by atoms with Crippen LogP contribution >= 0.6 is 11.8 Å². The number of aromatic amines is 1. The maximum absolute atomic E-state index is 11.9. The van der Waals surface area contributed by atoms with Gasteiger partial charge in [0.1, 0.15) is 11.3 Å². The fourth-order valence-corrected chi connectivity index (χ4v) is 3.13. The molecular weight excluding hydrogens is 338 g/mol. The van der Waals surface area contributed by atoms with Crippen LogP contribution < -0.4 is 5.32 Å². The number of hydrogen-bond donors (Lipinski definition) is 2. The third-order valence-corrected chi connectivity index (χ3v) is 4.56. The summed E-state index contributed by atoms with van der Waals surface area (Å²) in [5.41, 5.74) is 3.54. The Morgan fingerprint density at radius 2 is 2.24 bits per heavy atom. The van der Waals surface area contributed by atoms with Crippen LogP contribution in [0.2, 0.25) is 0 Å². The zero-order chi connectivity index (χ0) is 17.2. The molecule has 1 aromatic carbocycles. The third kappa shape index (κ3) is 3.34. The first kappa shape index (κ1) is 15.6. The zero-order valence-electron chi connectivity index (χ0n) is 13.4. The molecule has 8 heteroatoms. The Hall–Kier alpha value is -2.87. The predicted octanol–water partition coefficient (Wildman–Crippen LogP) is 2.82. The van der Waals surface area contributed by atoms with Gasteiger partial charge in [-0.3, -0.25) is 4.79 Å². The summed E-state index contributed by atoms with van der Waals surface area (Å²) in [6, 6.07) is 9.69. The molecular formula is C17H15N5O2S. The summed E-state index contributed by atoms with van der Waals surface area (Å²) in [7, 11) is 0. The van der Waals surface area contributed by atoms with Gasteiger partial charge in [-0.05, 0) is 31.2 Å². The first-order valence-corrected chi connectivity index (χ1v) is 8.72. The Bertz CT molecular complexity index is 1040. The summed E-state index contributed by atoms with van der Waals surface area (Å²) < 4.78 is 5.17. The van der Waals surface area contributed by atoms with Gasteiger partial charge in [-0.15, -0.1) is 10.2 Å². The van der Waals surface area contributed by atoms with E-state index in [-0.39, 0.29) is 11.7 Å². The van der Waals surface area contributed by atoms with Crippen LogP contribution in [0.3, 0.4) is 0 Å². The molecule has 4 rings (SSSR count). The van der Waals surface area contributed by atoms with Crippen molar-refractivity contribution in [1.82, 2.24) is 25.5 Å². The van der Waals surface area contributed by atoms with Crippen molar-refractivity contribution in [2.45, 2.75) is 18.6 Å². The van der Waals surface area contributed by atoms with Gasteiger partial charge in [-0.25, -0.2) is 4.98 Å². The van der Waals surface area contributed by atoms with Gasteiger partial charge >= 0.3 is 0 Å². The normalized spacial score (nSPS) is 11.2. The number of rotatable bonds is 5. The standard InChI is InChI=1S/C17H15N5O2S/c1-10-4-5-13-12(7-10)15-16(19-13)20-17(22-21-15)25-9-14(23)18-8-11-3-2-6-24-11/h2-7H,8-9H2,1H3,(H,18,23)(H,19,20,22). The minimum atomic E-state index is -0.114. The lowest BCUT2D eigenvalue weighted by molar-refractivity contribution is -0.118. The first-order valence-electron chi connectivity index (χ1n) is 7.74. The number of nitrogens with zero attached hydrogens (tertiary/aromatic N) is 3. The average molecular weight is 353 g/mol. The summed E-state index contributed by atoms with van der Waals surface area (Å²) in [5.74, 6) is 0.816. The number of nitrogens with one attached hydrogen (secondary N) is 2. The number of fused-ring (bicyclic) bond motifs is 3. The number of hydrogen-bond acceptors (Lipinski definition) is 6. The van der Waals surface area contributed by atoms with E-state index in [0.717, 1.165) is 22.0 Å². The van der Waals surface area contributed by atoms with E-state index < -0.39 is 0 Å². The summed E-state index contributed by atoms with van der Waals surface area (Å²) in [5, 5.41) is 12.6. The second-order valence-corrected chi connectivity index (χ2v) is 6.55. The smallest absolute Gasteiger partial charge is 0.230 e. The van der Waals surface area contributed by atoms with Crippen LogP contribution in [0.15, 0.2) is 46.2 Å². The molecule has 2 N–H and O–H groups in total. The zero-order valence-corrected chi connectivity index (χ0v) is 14.3. The van der Waals surface area contributed by atoms with Crippen molar-refractivity contribution in [2.24, 2.45) is 0 Å². The molecule has 3 aromatic heterocycles. The van der Waals surface area contributed by atoms with Crippen LogP contribution in [0, 0.1) is 6.92 Å². The molecule has 0 saturated heterocycles. The highest BCUT2D eigenvalue weighted by Crippen LogP contribution is 2.24. The molecule has 0 unspecified atom stereocenters. The average Bonchev–Trinajstić information content (AvgIpc) is 3.25. The number of thioether (sulfide) groups is 1. The van der Waals surface area contributed by atoms with Gasteiger partial charge < -0.3 is 14.7 Å². The molecule has 0 atom stereocenters. The maximum atomic E-state index is 11.9. The lowest BCUT2D eigenvalue weighted by Gasteiger charge is -2.02. The molecule has 0 aliphatic heterocycles. The summed E-state index contributed by atoms with van der Waals surface area (Å²) >= 11 is 1.25. The van der Waals surface area contributed by atoms with Crippen molar-refractivity contribution >= 4 is 39.7 Å². The quantitative estimate of drug-likeness (QED) is 0.536. The maximum Gasteiger partial charge on any atom is 0.230 e. The van der Waals surface area contributed by atoms with Crippen LogP contribution in [0.5, 0.6) is 0 Å². The second-order valence-electron chi connectivity index (χ2n) is 5.61. The fourth-order valence-electron chi connectivity index (χ4n) is 2.51. The molecule has 0 radical (unpaired) electrons. The molecule has 25 heavy (non-hydrogen) atoms. The molecule has 0 aliphatic carbocycles. The molecule has 0 bridgehead atoms. The Balaban J connectivity index is 1.44. The Morgan fingerprint density at radius 3 is 3.08 bits per heavy atom. The Kier molecular flexibility index (Phi) is 4.10. The van der Waals surface area contributed by atoms with Crippen molar-refractivity contribution in [2.75, 3.05) is 5.75 Å². The largest absolute Gasteiger partial charge is 0.467 e. The molecule has 126 valence electrons. The van der Waals surface area contributed by atoms with Gasteiger partial charge in [0.05, 0.1) is 18.6 Å². The van der Waals surface area contributed by atoms with Crippen LogP contribution in [0.25, 0.3) is 22.1 Å². The first-order chi connectivity index (χ1) is 12.2. The van der Waals surface area contributed by atoms with Crippen LogP contribution in [0.4, 0.5) is 0 Å². The van der Waals surface area contributed by atoms with E-state index in [0.29, 0.717) is 23.1 Å². The highest BCUT2D eigenvalue weighted by Gasteiger charge is 2.11. The van der Waals surface area contributed by atoms with Crippen LogP contribution in [-0.2, 0) is 11.3 Å². The van der Waals surface area contributed by atoms with Gasteiger partial charge in [0, 0.05) is 10.9 Å². The summed E-state index contributed by atoms with van der Waals surface area (Å²) in [6.07, 6.45) is 1.58. The molecule has 0 aliphatic rings. The minimum absolute atomic E-state index is 0.114. The van der Waals surface area contributed by atoms with Crippen molar-refractivity contribution in [3.8, 4) is 0 Å². The highest BCUT2D eigenvalue weighted by atomic mass is 32.2. The number of carbonyl (C=O) groups is 1. The number of aryl methyl sites for hydroxylation is 1. The van der Waals surface area contributed by atoms with Gasteiger partial charge in [0.15, 0.2) is 5.65 Å². The van der Waals surface area contributed by atoms with Gasteiger partial charge in [0.2, 0.25) is 11.1 Å². The van der Waals surface area contributed by atoms with Crippen molar-refractivity contribution in [3.63, 3.8) is 0 Å². The number of H-pyrrole nitrogens is 1. The Morgan fingerprint density at radius 1 is 1.32 bits per heavy atom. The minimum Gasteiger partial charge on any atom is -0.467 e. The van der Waals surface area contributed by atoms with Gasteiger partial charge in [0.25, 0.3) is 0 Å². The van der Waals surface area contributed by atoms with Crippen LogP contribution in [-0.4, -0.2) is 31.8 Å². The molecule has 0 fully saturated rings. The van der Waals surface area contributed by atoms with E-state index in [4.69, 9.17) is 4.42 Å². The number of amides is 1. The number of carbonyl (C=O) groups excluding carboxylic acids is 1. The third-order valence-electron chi connectivity index (χ3n) is 3.72. The van der Waals surface area contributed by atoms with E-state index in [9.17, 15) is 4.79 Å². The molecule has 7 nitrogen and oxygen atoms in total. The molecule has 0 spiro atoms. The molecule has 0 saturated carbocycles. The summed E-state index contributed by atoms with van der Waals surface area (Å²) in [4.78, 5) is 19.6. The Labute approximate surface area is 147 Å². The van der Waals surface area contributed by atoms with Crippen molar-refractivity contribution in [1.29, 1.82) is 0 Å². The lowest BCUT2D eigenvalue weighted by Crippen LogP contribution is -2.24. The number of aromatic nitrogens is 4. The van der Waals surface area contributed by atoms with Crippen molar-refractivity contribution < 1.29 is 9.21 Å². The second kappa shape index (κ2) is 6.56. The molecule has 3 heterocycles. The number of furan rings is 1. The monoisotopic (exact) mass is 353 g/mol. The highest BCUT2D eigenvalue weighted by molar-refractivity contribution is 7.99. The SMILES string of the molecule is Cc1ccc2[nH]c3nc(SCC(=O)NCc4ccco4)nnc3c2c1.